The van der Waals surface area contributed by atoms with Gasteiger partial charge in [-0.3, -0.25) is 0 Å². The van der Waals surface area contributed by atoms with Crippen molar-refractivity contribution in [3.05, 3.63) is 0 Å². The van der Waals surface area contributed by atoms with Gasteiger partial charge < -0.3 is 19.5 Å². The maximum Gasteiger partial charge on any atom is 0.158 e. The third-order valence-electron chi connectivity index (χ3n) is 2.95. The number of nitrogens with one attached hydrogen (secondary N) is 1. The molecule has 0 aliphatic heterocycles. The molecule has 0 aromatic carbocycles. The Hall–Kier alpha value is -0.160. The van der Waals surface area contributed by atoms with Crippen molar-refractivity contribution in [3.63, 3.8) is 0 Å². The highest BCUT2D eigenvalue weighted by molar-refractivity contribution is 4.71. The number of hydrogen-bond donors (Lipinski definition) is 1. The summed E-state index contributed by atoms with van der Waals surface area (Å²) in [5, 5.41) is 3.40. The van der Waals surface area contributed by atoms with E-state index in [1.165, 1.54) is 12.8 Å². The number of ether oxygens (including phenoxy) is 3. The molecule has 18 heavy (non-hydrogen) atoms. The van der Waals surface area contributed by atoms with E-state index < -0.39 is 0 Å². The van der Waals surface area contributed by atoms with Gasteiger partial charge in [0, 0.05) is 32.8 Å². The second-order valence-electron chi connectivity index (χ2n) is 4.75. The standard InChI is InChI=1S/C14H29NO3/c1-3-17-14(18-4-2)8-10-15-9-5-11-16-12-13-6-7-13/h13-15H,3-12H2,1-2H3. The van der Waals surface area contributed by atoms with Gasteiger partial charge in [-0.05, 0) is 52.1 Å². The Labute approximate surface area is 111 Å². The van der Waals surface area contributed by atoms with Gasteiger partial charge in [-0.2, -0.15) is 0 Å². The van der Waals surface area contributed by atoms with Crippen LogP contribution in [0.3, 0.4) is 0 Å². The SMILES string of the molecule is CCOC(CCNCCCOCC1CC1)OCC. The van der Waals surface area contributed by atoms with Crippen LogP contribution < -0.4 is 5.32 Å². The molecule has 0 bridgehead atoms. The Morgan fingerprint density at radius 1 is 1.11 bits per heavy atom. The van der Waals surface area contributed by atoms with Gasteiger partial charge in [-0.15, -0.1) is 0 Å². The van der Waals surface area contributed by atoms with E-state index in [0.717, 1.165) is 45.1 Å². The van der Waals surface area contributed by atoms with Gasteiger partial charge in [-0.1, -0.05) is 0 Å². The van der Waals surface area contributed by atoms with Crippen molar-refractivity contribution in [1.82, 2.24) is 5.32 Å². The lowest BCUT2D eigenvalue weighted by molar-refractivity contribution is -0.138. The zero-order valence-electron chi connectivity index (χ0n) is 12.0. The van der Waals surface area contributed by atoms with Crippen LogP contribution in [-0.2, 0) is 14.2 Å². The molecule has 108 valence electrons. The van der Waals surface area contributed by atoms with E-state index in [2.05, 4.69) is 5.32 Å². The third-order valence-corrected chi connectivity index (χ3v) is 2.95. The van der Waals surface area contributed by atoms with Gasteiger partial charge in [0.15, 0.2) is 6.29 Å². The van der Waals surface area contributed by atoms with E-state index in [-0.39, 0.29) is 6.29 Å². The first-order chi connectivity index (χ1) is 8.86. The first-order valence-electron chi connectivity index (χ1n) is 7.38. The van der Waals surface area contributed by atoms with E-state index in [0.29, 0.717) is 13.2 Å². The lowest BCUT2D eigenvalue weighted by atomic mass is 10.3. The molecule has 1 fully saturated rings. The van der Waals surface area contributed by atoms with E-state index in [1.807, 2.05) is 13.8 Å². The quantitative estimate of drug-likeness (QED) is 0.406. The zero-order chi connectivity index (χ0) is 13.1. The topological polar surface area (TPSA) is 39.7 Å². The smallest absolute Gasteiger partial charge is 0.158 e. The second kappa shape index (κ2) is 10.7. The van der Waals surface area contributed by atoms with Crippen LogP contribution in [0.25, 0.3) is 0 Å². The average molecular weight is 259 g/mol. The fourth-order valence-corrected chi connectivity index (χ4v) is 1.77. The summed E-state index contributed by atoms with van der Waals surface area (Å²) in [5.41, 5.74) is 0. The summed E-state index contributed by atoms with van der Waals surface area (Å²) in [7, 11) is 0. The summed E-state index contributed by atoms with van der Waals surface area (Å²) in [5.74, 6) is 0.871. The molecule has 1 rings (SSSR count). The van der Waals surface area contributed by atoms with Gasteiger partial charge in [0.1, 0.15) is 0 Å². The van der Waals surface area contributed by atoms with Crippen LogP contribution in [0.15, 0.2) is 0 Å². The van der Waals surface area contributed by atoms with Crippen molar-refractivity contribution >= 4 is 0 Å². The van der Waals surface area contributed by atoms with Crippen molar-refractivity contribution in [3.8, 4) is 0 Å². The van der Waals surface area contributed by atoms with Crippen LogP contribution in [0.1, 0.15) is 39.5 Å². The highest BCUT2D eigenvalue weighted by atomic mass is 16.7. The minimum Gasteiger partial charge on any atom is -0.381 e. The summed E-state index contributed by atoms with van der Waals surface area (Å²) < 4.78 is 16.5. The van der Waals surface area contributed by atoms with Crippen LogP contribution in [-0.4, -0.2) is 45.8 Å². The van der Waals surface area contributed by atoms with Gasteiger partial charge >= 0.3 is 0 Å². The summed E-state index contributed by atoms with van der Waals surface area (Å²) >= 11 is 0. The van der Waals surface area contributed by atoms with Crippen LogP contribution in [0.2, 0.25) is 0 Å². The Bertz CT molecular complexity index is 180. The highest BCUT2D eigenvalue weighted by Gasteiger charge is 2.20. The minimum absolute atomic E-state index is 0.0568. The summed E-state index contributed by atoms with van der Waals surface area (Å²) in [4.78, 5) is 0. The van der Waals surface area contributed by atoms with Crippen LogP contribution >= 0.6 is 0 Å². The molecule has 0 spiro atoms. The fourth-order valence-electron chi connectivity index (χ4n) is 1.77. The van der Waals surface area contributed by atoms with Crippen molar-refractivity contribution in [2.24, 2.45) is 5.92 Å². The summed E-state index contributed by atoms with van der Waals surface area (Å²) in [6.45, 7) is 9.20. The molecular formula is C14H29NO3. The van der Waals surface area contributed by atoms with Crippen LogP contribution in [0.5, 0.6) is 0 Å². The van der Waals surface area contributed by atoms with Gasteiger partial charge in [0.05, 0.1) is 0 Å². The molecule has 0 aromatic rings. The molecule has 1 N–H and O–H groups in total. The van der Waals surface area contributed by atoms with Gasteiger partial charge in [0.25, 0.3) is 0 Å². The Kier molecular flexibility index (Phi) is 9.48. The monoisotopic (exact) mass is 259 g/mol. The molecule has 4 heteroatoms. The zero-order valence-corrected chi connectivity index (χ0v) is 12.0. The molecule has 0 saturated heterocycles. The summed E-state index contributed by atoms with van der Waals surface area (Å²) in [6, 6.07) is 0. The first kappa shape index (κ1) is 15.9. The van der Waals surface area contributed by atoms with Crippen molar-refractivity contribution in [2.45, 2.75) is 45.8 Å². The molecule has 1 saturated carbocycles. The van der Waals surface area contributed by atoms with Crippen LogP contribution in [0, 0.1) is 5.92 Å². The second-order valence-corrected chi connectivity index (χ2v) is 4.75. The predicted molar refractivity (Wildman–Crippen MR) is 72.7 cm³/mol. The van der Waals surface area contributed by atoms with E-state index >= 15 is 0 Å². The Morgan fingerprint density at radius 2 is 1.83 bits per heavy atom. The molecule has 1 aliphatic carbocycles. The maximum atomic E-state index is 5.57. The maximum absolute atomic E-state index is 5.57. The van der Waals surface area contributed by atoms with E-state index in [9.17, 15) is 0 Å². The van der Waals surface area contributed by atoms with E-state index in [4.69, 9.17) is 14.2 Å². The predicted octanol–water partition coefficient (Wildman–Crippen LogP) is 2.18. The van der Waals surface area contributed by atoms with Gasteiger partial charge in [-0.25, -0.2) is 0 Å². The molecule has 1 aliphatic rings. The third kappa shape index (κ3) is 8.86. The minimum atomic E-state index is -0.0568. The highest BCUT2D eigenvalue weighted by Crippen LogP contribution is 2.28. The lowest BCUT2D eigenvalue weighted by Crippen LogP contribution is -2.26. The largest absolute Gasteiger partial charge is 0.381 e. The molecule has 0 unspecified atom stereocenters. The van der Waals surface area contributed by atoms with Crippen molar-refractivity contribution in [2.75, 3.05) is 39.5 Å². The normalized spacial score (nSPS) is 15.5. The van der Waals surface area contributed by atoms with E-state index in [1.54, 1.807) is 0 Å². The van der Waals surface area contributed by atoms with Crippen molar-refractivity contribution < 1.29 is 14.2 Å². The first-order valence-corrected chi connectivity index (χ1v) is 7.38. The fraction of sp³-hybridized carbons (Fsp3) is 1.00. The van der Waals surface area contributed by atoms with Crippen molar-refractivity contribution in [1.29, 1.82) is 0 Å². The van der Waals surface area contributed by atoms with Crippen LogP contribution in [0.4, 0.5) is 0 Å². The molecule has 0 atom stereocenters. The number of rotatable bonds is 13. The summed E-state index contributed by atoms with van der Waals surface area (Å²) in [6.07, 6.45) is 4.67. The average Bonchev–Trinajstić information content (AvgIpc) is 3.17. The molecule has 0 heterocycles. The molecule has 0 aromatic heterocycles. The molecule has 0 amide bonds. The molecule has 0 radical (unpaired) electrons. The lowest BCUT2D eigenvalue weighted by Gasteiger charge is -2.16. The molecule has 4 nitrogen and oxygen atoms in total. The van der Waals surface area contributed by atoms with Gasteiger partial charge in [0.2, 0.25) is 0 Å². The Balaban J connectivity index is 1.80. The number of hydrogen-bond acceptors (Lipinski definition) is 4. The Morgan fingerprint density at radius 3 is 2.44 bits per heavy atom. The molecular weight excluding hydrogens is 230 g/mol.